The van der Waals surface area contributed by atoms with Gasteiger partial charge in [0.15, 0.2) is 0 Å². The molecule has 0 fully saturated rings. The average Bonchev–Trinajstić information content (AvgIpc) is 2.47. The smallest absolute Gasteiger partial charge is 0.239 e. The van der Waals surface area contributed by atoms with E-state index in [0.717, 1.165) is 0 Å². The first-order valence-corrected chi connectivity index (χ1v) is 7.68. The fraction of sp³-hybridized carbons (Fsp3) is 0.176. The molecule has 0 bridgehead atoms. The third-order valence-corrected chi connectivity index (χ3v) is 3.72. The predicted molar refractivity (Wildman–Crippen MR) is 93.9 cm³/mol. The van der Waals surface area contributed by atoms with Crippen LogP contribution < -0.4 is 10.6 Å². The minimum atomic E-state index is -1.27. The van der Waals surface area contributed by atoms with Gasteiger partial charge in [0.25, 0.3) is 0 Å². The van der Waals surface area contributed by atoms with Gasteiger partial charge in [-0.05, 0) is 44.2 Å². The van der Waals surface area contributed by atoms with E-state index in [-0.39, 0.29) is 0 Å². The Morgan fingerprint density at radius 2 is 1.30 bits per heavy atom. The van der Waals surface area contributed by atoms with Crippen LogP contribution in [0.25, 0.3) is 0 Å². The van der Waals surface area contributed by atoms with Crippen molar-refractivity contribution in [3.63, 3.8) is 0 Å². The van der Waals surface area contributed by atoms with Gasteiger partial charge in [-0.1, -0.05) is 41.4 Å². The van der Waals surface area contributed by atoms with Crippen molar-refractivity contribution in [1.29, 1.82) is 0 Å². The van der Waals surface area contributed by atoms with Gasteiger partial charge in [0.1, 0.15) is 5.41 Å². The van der Waals surface area contributed by atoms with Crippen LogP contribution in [-0.4, -0.2) is 11.8 Å². The number of halogens is 2. The van der Waals surface area contributed by atoms with Crippen LogP contribution in [-0.2, 0) is 9.59 Å². The molecule has 4 nitrogen and oxygen atoms in total. The normalized spacial score (nSPS) is 11.0. The SMILES string of the molecule is CC(C)(C(=O)Nc1ccccc1)C(=O)Nc1cc(Cl)cc(Cl)c1. The highest BCUT2D eigenvalue weighted by Gasteiger charge is 2.36. The van der Waals surface area contributed by atoms with Crippen LogP contribution in [0.15, 0.2) is 48.5 Å². The maximum atomic E-state index is 12.4. The van der Waals surface area contributed by atoms with Crippen LogP contribution in [0.5, 0.6) is 0 Å². The van der Waals surface area contributed by atoms with E-state index < -0.39 is 17.2 Å². The monoisotopic (exact) mass is 350 g/mol. The molecule has 0 radical (unpaired) electrons. The lowest BCUT2D eigenvalue weighted by Gasteiger charge is -2.23. The number of carbonyl (C=O) groups excluding carboxylic acids is 2. The summed E-state index contributed by atoms with van der Waals surface area (Å²) in [4.78, 5) is 24.8. The molecule has 2 aromatic rings. The van der Waals surface area contributed by atoms with E-state index in [2.05, 4.69) is 10.6 Å². The van der Waals surface area contributed by atoms with Crippen LogP contribution in [0.1, 0.15) is 13.8 Å². The third-order valence-electron chi connectivity index (χ3n) is 3.29. The highest BCUT2D eigenvalue weighted by Crippen LogP contribution is 2.25. The average molecular weight is 351 g/mol. The van der Waals surface area contributed by atoms with E-state index in [1.807, 2.05) is 6.07 Å². The van der Waals surface area contributed by atoms with Gasteiger partial charge in [0.05, 0.1) is 0 Å². The van der Waals surface area contributed by atoms with Crippen molar-refractivity contribution in [3.05, 3.63) is 58.6 Å². The van der Waals surface area contributed by atoms with Gasteiger partial charge >= 0.3 is 0 Å². The van der Waals surface area contributed by atoms with Crippen molar-refractivity contribution in [1.82, 2.24) is 0 Å². The molecule has 0 aromatic heterocycles. The third kappa shape index (κ3) is 4.47. The molecule has 0 atom stereocenters. The Labute approximate surface area is 144 Å². The Balaban J connectivity index is 2.11. The lowest BCUT2D eigenvalue weighted by molar-refractivity contribution is -0.135. The molecule has 120 valence electrons. The number of benzene rings is 2. The Bertz CT molecular complexity index is 710. The molecule has 2 amide bonds. The lowest BCUT2D eigenvalue weighted by Crippen LogP contribution is -2.41. The van der Waals surface area contributed by atoms with Crippen molar-refractivity contribution in [2.75, 3.05) is 10.6 Å². The summed E-state index contributed by atoms with van der Waals surface area (Å²) in [6.45, 7) is 3.10. The minimum absolute atomic E-state index is 0.402. The first kappa shape index (κ1) is 17.3. The number of anilines is 2. The van der Waals surface area contributed by atoms with Crippen molar-refractivity contribution in [2.45, 2.75) is 13.8 Å². The van der Waals surface area contributed by atoms with Crippen molar-refractivity contribution in [3.8, 4) is 0 Å². The van der Waals surface area contributed by atoms with E-state index in [0.29, 0.717) is 21.4 Å². The first-order valence-electron chi connectivity index (χ1n) is 6.93. The lowest BCUT2D eigenvalue weighted by atomic mass is 9.90. The van der Waals surface area contributed by atoms with Gasteiger partial charge in [0, 0.05) is 21.4 Å². The van der Waals surface area contributed by atoms with Gasteiger partial charge in [-0.3, -0.25) is 9.59 Å². The summed E-state index contributed by atoms with van der Waals surface area (Å²) >= 11 is 11.8. The summed E-state index contributed by atoms with van der Waals surface area (Å²) < 4.78 is 0. The zero-order valence-electron chi connectivity index (χ0n) is 12.7. The van der Waals surface area contributed by atoms with Crippen LogP contribution in [0.4, 0.5) is 11.4 Å². The molecule has 0 spiro atoms. The van der Waals surface area contributed by atoms with Gasteiger partial charge in [-0.25, -0.2) is 0 Å². The second-order valence-electron chi connectivity index (χ2n) is 5.56. The van der Waals surface area contributed by atoms with Crippen LogP contribution in [0.2, 0.25) is 10.0 Å². The zero-order chi connectivity index (χ0) is 17.0. The fourth-order valence-electron chi connectivity index (χ4n) is 1.83. The van der Waals surface area contributed by atoms with Gasteiger partial charge < -0.3 is 10.6 Å². The van der Waals surface area contributed by atoms with E-state index >= 15 is 0 Å². The Morgan fingerprint density at radius 1 is 0.826 bits per heavy atom. The van der Waals surface area contributed by atoms with Gasteiger partial charge in [-0.2, -0.15) is 0 Å². The molecule has 0 saturated carbocycles. The second-order valence-corrected chi connectivity index (χ2v) is 6.43. The summed E-state index contributed by atoms with van der Waals surface area (Å²) in [6.07, 6.45) is 0. The molecule has 0 saturated heterocycles. The molecule has 2 aromatic carbocycles. The first-order chi connectivity index (χ1) is 10.8. The largest absolute Gasteiger partial charge is 0.325 e. The van der Waals surface area contributed by atoms with E-state index in [1.54, 1.807) is 56.3 Å². The molecule has 0 heterocycles. The number of hydrogen-bond donors (Lipinski definition) is 2. The van der Waals surface area contributed by atoms with Crippen molar-refractivity contribution >= 4 is 46.4 Å². The minimum Gasteiger partial charge on any atom is -0.325 e. The van der Waals surface area contributed by atoms with E-state index in [4.69, 9.17) is 23.2 Å². The quantitative estimate of drug-likeness (QED) is 0.791. The fourth-order valence-corrected chi connectivity index (χ4v) is 2.35. The van der Waals surface area contributed by atoms with Crippen molar-refractivity contribution in [2.24, 2.45) is 5.41 Å². The summed E-state index contributed by atoms with van der Waals surface area (Å²) in [7, 11) is 0. The second kappa shape index (κ2) is 7.02. The molecular weight excluding hydrogens is 335 g/mol. The highest BCUT2D eigenvalue weighted by atomic mass is 35.5. The molecule has 2 rings (SSSR count). The summed E-state index contributed by atoms with van der Waals surface area (Å²) in [5.74, 6) is -0.862. The number of nitrogens with one attached hydrogen (secondary N) is 2. The number of carbonyl (C=O) groups is 2. The molecule has 0 aliphatic heterocycles. The molecule has 0 aliphatic carbocycles. The molecule has 2 N–H and O–H groups in total. The Hall–Kier alpha value is -2.04. The maximum absolute atomic E-state index is 12.4. The summed E-state index contributed by atoms with van der Waals surface area (Å²) in [5, 5.41) is 6.19. The molecule has 0 unspecified atom stereocenters. The van der Waals surface area contributed by atoms with Gasteiger partial charge in [-0.15, -0.1) is 0 Å². The van der Waals surface area contributed by atoms with Crippen LogP contribution >= 0.6 is 23.2 Å². The molecule has 0 aliphatic rings. The summed E-state index contributed by atoms with van der Waals surface area (Å²) in [6, 6.07) is 13.6. The number of amides is 2. The topological polar surface area (TPSA) is 58.2 Å². The zero-order valence-corrected chi connectivity index (χ0v) is 14.2. The predicted octanol–water partition coefficient (Wildman–Crippen LogP) is 4.60. The van der Waals surface area contributed by atoms with Gasteiger partial charge in [0.2, 0.25) is 11.8 Å². The Morgan fingerprint density at radius 3 is 1.83 bits per heavy atom. The molecule has 6 heteroatoms. The number of hydrogen-bond acceptors (Lipinski definition) is 2. The molecule has 23 heavy (non-hydrogen) atoms. The maximum Gasteiger partial charge on any atom is 0.239 e. The number of para-hydroxylation sites is 1. The van der Waals surface area contributed by atoms with E-state index in [9.17, 15) is 9.59 Å². The Kier molecular flexibility index (Phi) is 5.29. The van der Waals surface area contributed by atoms with E-state index in [1.165, 1.54) is 0 Å². The number of rotatable bonds is 4. The standard InChI is InChI=1S/C17H16Cl2N2O2/c1-17(2,15(22)20-13-6-4-3-5-7-13)16(23)21-14-9-11(18)8-12(19)10-14/h3-10H,1-2H3,(H,20,22)(H,21,23). The van der Waals surface area contributed by atoms with Crippen LogP contribution in [0, 0.1) is 5.41 Å². The summed E-state index contributed by atoms with van der Waals surface area (Å²) in [5.41, 5.74) is -0.206. The van der Waals surface area contributed by atoms with Crippen LogP contribution in [0.3, 0.4) is 0 Å². The highest BCUT2D eigenvalue weighted by molar-refractivity contribution is 6.35. The van der Waals surface area contributed by atoms with Crippen molar-refractivity contribution < 1.29 is 9.59 Å². The molecular formula is C17H16Cl2N2O2.